The molecule has 5 heteroatoms. The molecule has 1 heterocycles. The van der Waals surface area contributed by atoms with E-state index in [0.717, 1.165) is 16.5 Å². The van der Waals surface area contributed by atoms with Crippen molar-refractivity contribution in [3.8, 4) is 0 Å². The number of hydrogen-bond acceptors (Lipinski definition) is 3. The van der Waals surface area contributed by atoms with Crippen LogP contribution in [0.4, 0.5) is 0 Å². The first-order valence-electron chi connectivity index (χ1n) is 6.97. The smallest absolute Gasteiger partial charge is 0.320 e. The van der Waals surface area contributed by atoms with Crippen LogP contribution in [0.2, 0.25) is 5.02 Å². The van der Waals surface area contributed by atoms with E-state index < -0.39 is 12.0 Å². The first-order valence-corrected chi connectivity index (χ1v) is 7.35. The van der Waals surface area contributed by atoms with Crippen LogP contribution in [0.15, 0.2) is 30.5 Å². The van der Waals surface area contributed by atoms with E-state index in [4.69, 9.17) is 11.6 Å². The van der Waals surface area contributed by atoms with Crippen LogP contribution in [0.5, 0.6) is 0 Å². The molecule has 1 unspecified atom stereocenters. The molecule has 0 fully saturated rings. The lowest BCUT2D eigenvalue weighted by molar-refractivity contribution is -0.140. The summed E-state index contributed by atoms with van der Waals surface area (Å²) in [6.45, 7) is 4.47. The molecular formula is C16H19ClN2O2. The van der Waals surface area contributed by atoms with E-state index in [-0.39, 0.29) is 0 Å². The maximum atomic E-state index is 11.3. The Balaban J connectivity index is 2.20. The minimum atomic E-state index is -0.824. The maximum absolute atomic E-state index is 11.3. The van der Waals surface area contributed by atoms with Crippen molar-refractivity contribution < 1.29 is 9.90 Å². The summed E-state index contributed by atoms with van der Waals surface area (Å²) in [4.78, 5) is 15.6. The molecule has 0 radical (unpaired) electrons. The zero-order valence-corrected chi connectivity index (χ0v) is 12.9. The largest absolute Gasteiger partial charge is 0.480 e. The molecule has 0 aliphatic rings. The van der Waals surface area contributed by atoms with Gasteiger partial charge >= 0.3 is 5.97 Å². The fraction of sp³-hybridized carbons (Fsp3) is 0.375. The molecular weight excluding hydrogens is 288 g/mol. The molecule has 2 rings (SSSR count). The first-order chi connectivity index (χ1) is 9.99. The van der Waals surface area contributed by atoms with Gasteiger partial charge in [0.15, 0.2) is 0 Å². The number of aliphatic carboxylic acids is 1. The van der Waals surface area contributed by atoms with Crippen LogP contribution < -0.4 is 5.32 Å². The van der Waals surface area contributed by atoms with Gasteiger partial charge in [0.05, 0.1) is 5.52 Å². The first kappa shape index (κ1) is 15.7. The molecule has 21 heavy (non-hydrogen) atoms. The normalized spacial score (nSPS) is 12.8. The second-order valence-electron chi connectivity index (χ2n) is 5.51. The summed E-state index contributed by atoms with van der Waals surface area (Å²) in [6.07, 6.45) is 2.30. The molecule has 0 saturated heterocycles. The Kier molecular flexibility index (Phi) is 5.15. The third-order valence-electron chi connectivity index (χ3n) is 3.34. The van der Waals surface area contributed by atoms with Crippen molar-refractivity contribution in [2.24, 2.45) is 5.92 Å². The highest BCUT2D eigenvalue weighted by Crippen LogP contribution is 2.24. The molecule has 0 aliphatic carbocycles. The Morgan fingerprint density at radius 3 is 2.81 bits per heavy atom. The van der Waals surface area contributed by atoms with Crippen LogP contribution >= 0.6 is 11.6 Å². The van der Waals surface area contributed by atoms with Crippen molar-refractivity contribution >= 4 is 28.5 Å². The number of hydrogen-bond donors (Lipinski definition) is 2. The summed E-state index contributed by atoms with van der Waals surface area (Å²) in [7, 11) is 0. The molecule has 1 aromatic heterocycles. The van der Waals surface area contributed by atoms with E-state index in [9.17, 15) is 9.90 Å². The van der Waals surface area contributed by atoms with Crippen molar-refractivity contribution in [1.82, 2.24) is 10.3 Å². The van der Waals surface area contributed by atoms with Crippen LogP contribution in [-0.4, -0.2) is 22.1 Å². The van der Waals surface area contributed by atoms with E-state index in [2.05, 4.69) is 10.3 Å². The van der Waals surface area contributed by atoms with Gasteiger partial charge in [-0.15, -0.1) is 0 Å². The van der Waals surface area contributed by atoms with Crippen LogP contribution in [-0.2, 0) is 11.3 Å². The second kappa shape index (κ2) is 6.87. The molecule has 0 saturated carbocycles. The molecule has 0 aliphatic heterocycles. The van der Waals surface area contributed by atoms with Gasteiger partial charge in [0, 0.05) is 23.2 Å². The average Bonchev–Trinajstić information content (AvgIpc) is 2.45. The molecule has 4 nitrogen and oxygen atoms in total. The highest BCUT2D eigenvalue weighted by atomic mass is 35.5. The van der Waals surface area contributed by atoms with Crippen LogP contribution in [0.25, 0.3) is 10.9 Å². The lowest BCUT2D eigenvalue weighted by atomic mass is 10.0. The fourth-order valence-electron chi connectivity index (χ4n) is 2.32. The number of aromatic nitrogens is 1. The topological polar surface area (TPSA) is 62.2 Å². The Labute approximate surface area is 129 Å². The van der Waals surface area contributed by atoms with Gasteiger partial charge < -0.3 is 10.4 Å². The lowest BCUT2D eigenvalue weighted by Gasteiger charge is -2.17. The SMILES string of the molecule is CC(C)CC(NCc1ccc(Cl)c2cccnc12)C(=O)O. The number of carboxylic acids is 1. The predicted octanol–water partition coefficient (Wildman–Crippen LogP) is 3.48. The minimum Gasteiger partial charge on any atom is -0.480 e. The number of carbonyl (C=O) groups is 1. The van der Waals surface area contributed by atoms with Crippen LogP contribution in [0, 0.1) is 5.92 Å². The zero-order chi connectivity index (χ0) is 15.4. The number of benzene rings is 1. The second-order valence-corrected chi connectivity index (χ2v) is 5.91. The van der Waals surface area contributed by atoms with E-state index in [1.165, 1.54) is 0 Å². The number of nitrogens with zero attached hydrogens (tertiary/aromatic N) is 1. The van der Waals surface area contributed by atoms with Gasteiger partial charge in [-0.1, -0.05) is 31.5 Å². The van der Waals surface area contributed by atoms with Gasteiger partial charge in [0.25, 0.3) is 0 Å². The van der Waals surface area contributed by atoms with Crippen molar-refractivity contribution in [2.45, 2.75) is 32.9 Å². The van der Waals surface area contributed by atoms with Crippen molar-refractivity contribution in [1.29, 1.82) is 0 Å². The Bertz CT molecular complexity index is 643. The highest BCUT2D eigenvalue weighted by molar-refractivity contribution is 6.35. The zero-order valence-electron chi connectivity index (χ0n) is 12.1. The van der Waals surface area contributed by atoms with Crippen LogP contribution in [0.3, 0.4) is 0 Å². The molecule has 0 bridgehead atoms. The maximum Gasteiger partial charge on any atom is 0.320 e. The Hall–Kier alpha value is -1.65. The molecule has 0 amide bonds. The average molecular weight is 307 g/mol. The van der Waals surface area contributed by atoms with E-state index in [1.54, 1.807) is 6.20 Å². The van der Waals surface area contributed by atoms with Crippen LogP contribution in [0.1, 0.15) is 25.8 Å². The monoisotopic (exact) mass is 306 g/mol. The van der Waals surface area contributed by atoms with Crippen molar-refractivity contribution in [2.75, 3.05) is 0 Å². The Morgan fingerprint density at radius 2 is 2.14 bits per heavy atom. The van der Waals surface area contributed by atoms with E-state index >= 15 is 0 Å². The minimum absolute atomic E-state index is 0.318. The quantitative estimate of drug-likeness (QED) is 0.857. The lowest BCUT2D eigenvalue weighted by Crippen LogP contribution is -2.37. The third-order valence-corrected chi connectivity index (χ3v) is 3.67. The van der Waals surface area contributed by atoms with Gasteiger partial charge in [-0.25, -0.2) is 0 Å². The number of carboxylic acid groups (broad SMARTS) is 1. The number of halogens is 1. The summed E-state index contributed by atoms with van der Waals surface area (Å²) in [5.74, 6) is -0.506. The van der Waals surface area contributed by atoms with Crippen molar-refractivity contribution in [3.05, 3.63) is 41.0 Å². The molecule has 1 atom stereocenters. The number of pyridine rings is 1. The van der Waals surface area contributed by atoms with Gasteiger partial charge in [-0.3, -0.25) is 9.78 Å². The van der Waals surface area contributed by atoms with Gasteiger partial charge in [0.2, 0.25) is 0 Å². The number of rotatable bonds is 6. The number of nitrogens with one attached hydrogen (secondary N) is 1. The molecule has 2 aromatic rings. The highest BCUT2D eigenvalue weighted by Gasteiger charge is 2.18. The summed E-state index contributed by atoms with van der Waals surface area (Å²) in [5.41, 5.74) is 1.76. The third kappa shape index (κ3) is 3.93. The molecule has 112 valence electrons. The molecule has 2 N–H and O–H groups in total. The van der Waals surface area contributed by atoms with E-state index in [0.29, 0.717) is 23.9 Å². The van der Waals surface area contributed by atoms with Gasteiger partial charge in [-0.2, -0.15) is 0 Å². The van der Waals surface area contributed by atoms with Crippen molar-refractivity contribution in [3.63, 3.8) is 0 Å². The number of fused-ring (bicyclic) bond motifs is 1. The molecule has 0 spiro atoms. The summed E-state index contributed by atoms with van der Waals surface area (Å²) < 4.78 is 0. The van der Waals surface area contributed by atoms with E-state index in [1.807, 2.05) is 38.1 Å². The standard InChI is InChI=1S/C16H19ClN2O2/c1-10(2)8-14(16(20)21)19-9-11-5-6-13(17)12-4-3-7-18-15(11)12/h3-7,10,14,19H,8-9H2,1-2H3,(H,20,21). The van der Waals surface area contributed by atoms with Gasteiger partial charge in [0.1, 0.15) is 6.04 Å². The summed E-state index contributed by atoms with van der Waals surface area (Å²) in [5, 5.41) is 13.9. The summed E-state index contributed by atoms with van der Waals surface area (Å²) >= 11 is 6.16. The Morgan fingerprint density at radius 1 is 1.38 bits per heavy atom. The summed E-state index contributed by atoms with van der Waals surface area (Å²) in [6, 6.07) is 6.90. The van der Waals surface area contributed by atoms with Gasteiger partial charge in [-0.05, 0) is 36.1 Å². The predicted molar refractivity (Wildman–Crippen MR) is 84.5 cm³/mol. The fourth-order valence-corrected chi connectivity index (χ4v) is 2.53. The molecule has 1 aromatic carbocycles.